The van der Waals surface area contributed by atoms with Crippen molar-refractivity contribution in [3.05, 3.63) is 47.7 Å². The molecule has 0 bridgehead atoms. The van der Waals surface area contributed by atoms with Crippen molar-refractivity contribution in [2.45, 2.75) is 32.2 Å². The molecular formula is C21H22F2N6O3. The number of hydrazone groups is 1. The summed E-state index contributed by atoms with van der Waals surface area (Å²) >= 11 is 0. The van der Waals surface area contributed by atoms with Gasteiger partial charge in [0.05, 0.1) is 18.8 Å². The molecule has 11 heteroatoms. The number of carbonyl (C=O) groups is 2. The van der Waals surface area contributed by atoms with Crippen molar-refractivity contribution in [3.8, 4) is 0 Å². The van der Waals surface area contributed by atoms with Gasteiger partial charge in [0, 0.05) is 37.8 Å². The van der Waals surface area contributed by atoms with Gasteiger partial charge in [0.1, 0.15) is 12.1 Å². The lowest BCUT2D eigenvalue weighted by Crippen LogP contribution is -2.42. The van der Waals surface area contributed by atoms with Crippen molar-refractivity contribution in [3.63, 3.8) is 0 Å². The second kappa shape index (κ2) is 9.33. The molecule has 2 aliphatic rings. The predicted molar refractivity (Wildman–Crippen MR) is 110 cm³/mol. The van der Waals surface area contributed by atoms with E-state index in [1.54, 1.807) is 18.0 Å². The van der Waals surface area contributed by atoms with E-state index in [0.717, 1.165) is 12.5 Å². The number of aromatic nitrogens is 3. The number of hydrogen-bond acceptors (Lipinski definition) is 8. The van der Waals surface area contributed by atoms with Gasteiger partial charge < -0.3 is 9.64 Å². The molecular weight excluding hydrogens is 422 g/mol. The number of esters is 1. The Balaban J connectivity index is 1.43. The topological polar surface area (TPSA) is 101 Å². The van der Waals surface area contributed by atoms with E-state index in [-0.39, 0.29) is 24.2 Å². The summed E-state index contributed by atoms with van der Waals surface area (Å²) in [6, 6.07) is 0.962. The number of nitrogens with zero attached hydrogens (tertiary/aromatic N) is 6. The van der Waals surface area contributed by atoms with Crippen LogP contribution in [0.15, 0.2) is 29.9 Å². The van der Waals surface area contributed by atoms with Gasteiger partial charge in [-0.25, -0.2) is 28.6 Å². The fraction of sp³-hybridized carbons (Fsp3) is 0.429. The van der Waals surface area contributed by atoms with Crippen molar-refractivity contribution >= 4 is 23.9 Å². The lowest BCUT2D eigenvalue weighted by atomic mass is 9.94. The summed E-state index contributed by atoms with van der Waals surface area (Å²) in [5.41, 5.74) is 0.177. The normalized spacial score (nSPS) is 18.8. The highest BCUT2D eigenvalue weighted by atomic mass is 19.1. The molecule has 4 rings (SSSR count). The maximum absolute atomic E-state index is 14.8. The van der Waals surface area contributed by atoms with Crippen LogP contribution in [0, 0.1) is 17.6 Å². The summed E-state index contributed by atoms with van der Waals surface area (Å²) in [4.78, 5) is 38.2. The third kappa shape index (κ3) is 4.27. The molecule has 4 heterocycles. The Kier molecular flexibility index (Phi) is 6.33. The van der Waals surface area contributed by atoms with Crippen LogP contribution in [0.5, 0.6) is 0 Å². The van der Waals surface area contributed by atoms with E-state index in [2.05, 4.69) is 20.1 Å². The van der Waals surface area contributed by atoms with E-state index in [1.165, 1.54) is 17.3 Å². The van der Waals surface area contributed by atoms with Gasteiger partial charge in [-0.15, -0.1) is 0 Å². The highest BCUT2D eigenvalue weighted by Crippen LogP contribution is 2.32. The number of ether oxygens (including phenoxy) is 1. The zero-order chi connectivity index (χ0) is 22.7. The summed E-state index contributed by atoms with van der Waals surface area (Å²) < 4.78 is 33.2. The quantitative estimate of drug-likeness (QED) is 0.653. The van der Waals surface area contributed by atoms with E-state index >= 15 is 0 Å². The first kappa shape index (κ1) is 21.7. The van der Waals surface area contributed by atoms with Crippen molar-refractivity contribution in [2.75, 3.05) is 24.6 Å². The average molecular weight is 444 g/mol. The van der Waals surface area contributed by atoms with Crippen LogP contribution in [0.25, 0.3) is 0 Å². The Labute approximate surface area is 183 Å². The number of pyridine rings is 1. The molecule has 2 aromatic rings. The number of halogens is 2. The van der Waals surface area contributed by atoms with Crippen molar-refractivity contribution < 1.29 is 23.1 Å². The molecule has 0 unspecified atom stereocenters. The molecule has 0 N–H and O–H groups in total. The number of rotatable bonds is 5. The third-order valence-corrected chi connectivity index (χ3v) is 5.55. The summed E-state index contributed by atoms with van der Waals surface area (Å²) in [5.74, 6) is -2.62. The molecule has 1 amide bonds. The predicted octanol–water partition coefficient (Wildman–Crippen LogP) is 2.50. The number of hydrogen-bond donors (Lipinski definition) is 0. The molecule has 32 heavy (non-hydrogen) atoms. The summed E-state index contributed by atoms with van der Waals surface area (Å²) in [6.45, 7) is 2.48. The van der Waals surface area contributed by atoms with Gasteiger partial charge in [-0.3, -0.25) is 9.78 Å². The van der Waals surface area contributed by atoms with E-state index in [0.29, 0.717) is 37.9 Å². The Hall–Kier alpha value is -3.50. The van der Waals surface area contributed by atoms with Gasteiger partial charge in [-0.05, 0) is 31.4 Å². The smallest absolute Gasteiger partial charge is 0.360 e. The van der Waals surface area contributed by atoms with Crippen LogP contribution in [0.3, 0.4) is 0 Å². The largest absolute Gasteiger partial charge is 0.461 e. The molecule has 0 radical (unpaired) electrons. The molecule has 9 nitrogen and oxygen atoms in total. The van der Waals surface area contributed by atoms with E-state index in [1.807, 2.05) is 0 Å². The first-order valence-corrected chi connectivity index (χ1v) is 10.4. The second-order valence-corrected chi connectivity index (χ2v) is 7.51. The minimum atomic E-state index is -0.844. The van der Waals surface area contributed by atoms with Crippen LogP contribution in [0.1, 0.15) is 48.3 Å². The van der Waals surface area contributed by atoms with Crippen LogP contribution < -0.4 is 4.90 Å². The van der Waals surface area contributed by atoms with Crippen molar-refractivity contribution in [1.82, 2.24) is 20.0 Å². The van der Waals surface area contributed by atoms with Crippen LogP contribution in [0.2, 0.25) is 0 Å². The highest BCUT2D eigenvalue weighted by molar-refractivity contribution is 5.88. The number of carbonyl (C=O) groups excluding carboxylic acids is 2. The Morgan fingerprint density at radius 2 is 1.97 bits per heavy atom. The molecule has 0 saturated carbocycles. The third-order valence-electron chi connectivity index (χ3n) is 5.55. The maximum Gasteiger partial charge on any atom is 0.360 e. The van der Waals surface area contributed by atoms with Gasteiger partial charge in [-0.1, -0.05) is 0 Å². The minimum Gasteiger partial charge on any atom is -0.461 e. The molecule has 1 saturated heterocycles. The monoisotopic (exact) mass is 444 g/mol. The lowest BCUT2D eigenvalue weighted by molar-refractivity contribution is -0.138. The fourth-order valence-electron chi connectivity index (χ4n) is 3.96. The summed E-state index contributed by atoms with van der Waals surface area (Å²) in [5, 5.41) is 5.59. The lowest BCUT2D eigenvalue weighted by Gasteiger charge is -2.34. The molecule has 1 atom stereocenters. The van der Waals surface area contributed by atoms with Gasteiger partial charge in [0.25, 0.3) is 0 Å². The average Bonchev–Trinajstić information content (AvgIpc) is 3.29. The zero-order valence-electron chi connectivity index (χ0n) is 17.4. The van der Waals surface area contributed by atoms with E-state index in [4.69, 9.17) is 4.74 Å². The maximum atomic E-state index is 14.8. The molecule has 0 aliphatic carbocycles. The Morgan fingerprint density at radius 1 is 1.19 bits per heavy atom. The van der Waals surface area contributed by atoms with E-state index < -0.39 is 29.3 Å². The second-order valence-electron chi connectivity index (χ2n) is 7.51. The Morgan fingerprint density at radius 3 is 2.69 bits per heavy atom. The fourth-order valence-corrected chi connectivity index (χ4v) is 3.96. The SMILES string of the molecule is CCOC(=O)c1ncnc(N2CCC(C(=O)N3N=CC[C@H]3c3cncc(F)c3)CC2)c1F. The van der Waals surface area contributed by atoms with Gasteiger partial charge in [-0.2, -0.15) is 5.10 Å². The van der Waals surface area contributed by atoms with E-state index in [9.17, 15) is 18.4 Å². The van der Waals surface area contributed by atoms with Crippen LogP contribution >= 0.6 is 0 Å². The van der Waals surface area contributed by atoms with Gasteiger partial charge in [0.15, 0.2) is 17.3 Å². The summed E-state index contributed by atoms with van der Waals surface area (Å²) in [6.07, 6.45) is 6.80. The van der Waals surface area contributed by atoms with Crippen LogP contribution in [0.4, 0.5) is 14.6 Å². The molecule has 2 aliphatic heterocycles. The first-order chi connectivity index (χ1) is 15.5. The molecule has 0 aromatic carbocycles. The van der Waals surface area contributed by atoms with Gasteiger partial charge >= 0.3 is 5.97 Å². The molecule has 2 aromatic heterocycles. The highest BCUT2D eigenvalue weighted by Gasteiger charge is 2.36. The zero-order valence-corrected chi connectivity index (χ0v) is 17.4. The van der Waals surface area contributed by atoms with Crippen LogP contribution in [-0.4, -0.2) is 57.7 Å². The molecule has 168 valence electrons. The molecule has 0 spiro atoms. The summed E-state index contributed by atoms with van der Waals surface area (Å²) in [7, 11) is 0. The Bertz CT molecular complexity index is 1040. The minimum absolute atomic E-state index is 0.0110. The molecule has 1 fully saturated rings. The number of amides is 1. The standard InChI is InChI=1S/C21H22F2N6O3/c1-2-32-21(31)18-17(23)19(26-12-25-18)28-7-4-13(5-8-28)20(30)29-16(3-6-27-29)14-9-15(22)11-24-10-14/h6,9-13,16H,2-5,7-8H2,1H3/t16-/m0/s1. The van der Waals surface area contributed by atoms with Crippen molar-refractivity contribution in [2.24, 2.45) is 11.0 Å². The van der Waals surface area contributed by atoms with Crippen LogP contribution in [-0.2, 0) is 9.53 Å². The van der Waals surface area contributed by atoms with Gasteiger partial charge in [0.2, 0.25) is 5.91 Å². The number of anilines is 1. The van der Waals surface area contributed by atoms with Crippen molar-refractivity contribution in [1.29, 1.82) is 0 Å². The first-order valence-electron chi connectivity index (χ1n) is 10.4. The number of piperidine rings is 1.